The minimum absolute atomic E-state index is 0.000613. The van der Waals surface area contributed by atoms with Gasteiger partial charge in [0, 0.05) is 17.3 Å². The van der Waals surface area contributed by atoms with E-state index in [0.717, 1.165) is 11.2 Å². The molecule has 0 bridgehead atoms. The molecule has 14 heteroatoms. The highest BCUT2D eigenvalue weighted by atomic mass is 32.2. The van der Waals surface area contributed by atoms with Gasteiger partial charge in [-0.3, -0.25) is 14.4 Å². The van der Waals surface area contributed by atoms with Crippen LogP contribution in [0.25, 0.3) is 0 Å². The summed E-state index contributed by atoms with van der Waals surface area (Å²) in [6, 6.07) is 9.07. The van der Waals surface area contributed by atoms with E-state index in [-0.39, 0.29) is 54.7 Å². The first-order valence-electron chi connectivity index (χ1n) is 12.6. The molecule has 40 heavy (non-hydrogen) atoms. The molecule has 1 aliphatic heterocycles. The highest BCUT2D eigenvalue weighted by molar-refractivity contribution is 7.93. The van der Waals surface area contributed by atoms with Crippen LogP contribution in [-0.4, -0.2) is 64.2 Å². The van der Waals surface area contributed by atoms with Gasteiger partial charge in [0.1, 0.15) is 11.5 Å². The van der Waals surface area contributed by atoms with E-state index in [1.54, 1.807) is 20.8 Å². The van der Waals surface area contributed by atoms with Gasteiger partial charge in [-0.25, -0.2) is 25.9 Å². The van der Waals surface area contributed by atoms with Crippen molar-refractivity contribution in [3.05, 3.63) is 47.5 Å². The molecule has 2 aromatic carbocycles. The number of sulfonamides is 2. The van der Waals surface area contributed by atoms with E-state index in [9.17, 15) is 31.7 Å². The lowest BCUT2D eigenvalue weighted by atomic mass is 10.0. The quantitative estimate of drug-likeness (QED) is 0.367. The van der Waals surface area contributed by atoms with E-state index in [0.29, 0.717) is 11.3 Å². The fourth-order valence-corrected chi connectivity index (χ4v) is 6.89. The Labute approximate surface area is 234 Å². The predicted molar refractivity (Wildman–Crippen MR) is 149 cm³/mol. The van der Waals surface area contributed by atoms with E-state index in [2.05, 4.69) is 4.72 Å². The molecule has 0 saturated carbocycles. The number of hydrogen-bond acceptors (Lipinski definition) is 9. The van der Waals surface area contributed by atoms with E-state index in [1.807, 2.05) is 6.07 Å². The largest absolute Gasteiger partial charge is 0.490 e. The van der Waals surface area contributed by atoms with Gasteiger partial charge in [0.25, 0.3) is 0 Å². The molecule has 0 radical (unpaired) electrons. The number of Topliss-reactive ketones (excluding diaryl/α,β-unsaturated/α-hetero) is 1. The first-order valence-corrected chi connectivity index (χ1v) is 15.9. The van der Waals surface area contributed by atoms with Crippen LogP contribution in [0.5, 0.6) is 11.5 Å². The normalized spacial score (nSPS) is 15.6. The molecule has 1 N–H and O–H groups in total. The molecule has 0 aliphatic carbocycles. The molecule has 1 fully saturated rings. The maximum Gasteiger partial charge on any atom is 0.338 e. The van der Waals surface area contributed by atoms with Gasteiger partial charge in [0.15, 0.2) is 11.5 Å². The summed E-state index contributed by atoms with van der Waals surface area (Å²) in [4.78, 5) is 26.5. The van der Waals surface area contributed by atoms with Crippen LogP contribution in [0.1, 0.15) is 51.3 Å². The molecular formula is C26H32N4O8S2. The number of benzene rings is 2. The van der Waals surface area contributed by atoms with Gasteiger partial charge < -0.3 is 9.47 Å². The van der Waals surface area contributed by atoms with Crippen LogP contribution < -0.4 is 19.1 Å². The summed E-state index contributed by atoms with van der Waals surface area (Å²) in [6.07, 6.45) is 0.279. The standard InChI is InChI=1S/C26H32N4O8S2/c1-5-12-40(35,36)29-16-23(30(26(29)32)20-10-8-19(15-27)9-11-20)21-13-24(37-6-2)25(38-7-3)14-22(21)28-39(33,34)17-18(4)31/h8-11,13-14,23,28H,5-7,12,16-17H2,1-4H3. The van der Waals surface area contributed by atoms with Gasteiger partial charge in [-0.15, -0.1) is 0 Å². The second-order valence-electron chi connectivity index (χ2n) is 8.99. The second-order valence-corrected chi connectivity index (χ2v) is 12.7. The van der Waals surface area contributed by atoms with E-state index in [1.165, 1.54) is 41.3 Å². The minimum Gasteiger partial charge on any atom is -0.490 e. The molecule has 12 nitrogen and oxygen atoms in total. The summed E-state index contributed by atoms with van der Waals surface area (Å²) in [5.74, 6) is -1.16. The third kappa shape index (κ3) is 6.83. The van der Waals surface area contributed by atoms with Crippen LogP contribution in [0.3, 0.4) is 0 Å². The zero-order chi connectivity index (χ0) is 29.7. The highest BCUT2D eigenvalue weighted by Crippen LogP contribution is 2.43. The van der Waals surface area contributed by atoms with Crippen LogP contribution in [0, 0.1) is 11.3 Å². The van der Waals surface area contributed by atoms with Crippen molar-refractivity contribution in [3.63, 3.8) is 0 Å². The SMILES string of the molecule is CCCS(=O)(=O)N1CC(c2cc(OCC)c(OCC)cc2NS(=O)(=O)CC(C)=O)N(c2ccc(C#N)cc2)C1=O. The first-order chi connectivity index (χ1) is 18.9. The van der Waals surface area contributed by atoms with Gasteiger partial charge in [0.2, 0.25) is 20.0 Å². The zero-order valence-corrected chi connectivity index (χ0v) is 24.3. The number of urea groups is 1. The smallest absolute Gasteiger partial charge is 0.338 e. The molecule has 1 heterocycles. The van der Waals surface area contributed by atoms with Crippen LogP contribution in [0.15, 0.2) is 36.4 Å². The molecule has 2 aromatic rings. The Morgan fingerprint density at radius 1 is 1.05 bits per heavy atom. The van der Waals surface area contributed by atoms with E-state index in [4.69, 9.17) is 9.47 Å². The monoisotopic (exact) mass is 592 g/mol. The Bertz CT molecular complexity index is 1520. The van der Waals surface area contributed by atoms with Crippen LogP contribution >= 0.6 is 0 Å². The van der Waals surface area contributed by atoms with Gasteiger partial charge in [-0.1, -0.05) is 6.92 Å². The number of amides is 2. The second kappa shape index (κ2) is 12.6. The van der Waals surface area contributed by atoms with Crippen LogP contribution in [0.4, 0.5) is 16.2 Å². The van der Waals surface area contributed by atoms with Crippen molar-refractivity contribution in [3.8, 4) is 17.6 Å². The molecule has 1 aliphatic rings. The summed E-state index contributed by atoms with van der Waals surface area (Å²) in [5.41, 5.74) is 0.859. The van der Waals surface area contributed by atoms with Crippen molar-refractivity contribution in [2.45, 2.75) is 40.2 Å². The van der Waals surface area contributed by atoms with Gasteiger partial charge in [-0.05, 0) is 57.5 Å². The number of ether oxygens (including phenoxy) is 2. The van der Waals surface area contributed by atoms with Gasteiger partial charge in [-0.2, -0.15) is 5.26 Å². The Morgan fingerprint density at radius 3 is 2.17 bits per heavy atom. The summed E-state index contributed by atoms with van der Waals surface area (Å²) in [5, 5.41) is 9.21. The predicted octanol–water partition coefficient (Wildman–Crippen LogP) is 3.41. The fraction of sp³-hybridized carbons (Fsp3) is 0.423. The van der Waals surface area contributed by atoms with Gasteiger partial charge in [0.05, 0.1) is 48.9 Å². The number of nitrogens with zero attached hydrogens (tertiary/aromatic N) is 3. The average molecular weight is 593 g/mol. The van der Waals surface area contributed by atoms with Gasteiger partial charge >= 0.3 is 6.03 Å². The third-order valence-electron chi connectivity index (χ3n) is 5.88. The molecular weight excluding hydrogens is 560 g/mol. The number of carbonyl (C=O) groups is 2. The highest BCUT2D eigenvalue weighted by Gasteiger charge is 2.45. The number of nitriles is 1. The first kappa shape index (κ1) is 30.7. The van der Waals surface area contributed by atoms with E-state index >= 15 is 0 Å². The van der Waals surface area contributed by atoms with Crippen molar-refractivity contribution >= 4 is 43.2 Å². The molecule has 3 rings (SSSR count). The van der Waals surface area contributed by atoms with Crippen molar-refractivity contribution < 1.29 is 35.9 Å². The van der Waals surface area contributed by atoms with Crippen LogP contribution in [0.2, 0.25) is 0 Å². The lowest BCUT2D eigenvalue weighted by molar-refractivity contribution is -0.114. The fourth-order valence-electron chi connectivity index (χ4n) is 4.34. The summed E-state index contributed by atoms with van der Waals surface area (Å²) < 4.78 is 66.4. The maximum atomic E-state index is 13.7. The minimum atomic E-state index is -4.17. The lowest BCUT2D eigenvalue weighted by Crippen LogP contribution is -2.37. The number of carbonyl (C=O) groups excluding carboxylic acids is 2. The van der Waals surface area contributed by atoms with E-state index < -0.39 is 43.7 Å². The number of ketones is 1. The molecule has 0 spiro atoms. The molecule has 2 amide bonds. The Morgan fingerprint density at radius 2 is 1.65 bits per heavy atom. The average Bonchev–Trinajstić information content (AvgIpc) is 3.22. The maximum absolute atomic E-state index is 13.7. The summed E-state index contributed by atoms with van der Waals surface area (Å²) in [7, 11) is -8.17. The molecule has 1 atom stereocenters. The topological polar surface area (TPSA) is 163 Å². The van der Waals surface area contributed by atoms with Crippen molar-refractivity contribution in [2.75, 3.05) is 40.9 Å². The number of hydrogen-bond donors (Lipinski definition) is 1. The van der Waals surface area contributed by atoms with Crippen molar-refractivity contribution in [2.24, 2.45) is 0 Å². The lowest BCUT2D eigenvalue weighted by Gasteiger charge is -2.26. The Balaban J connectivity index is 2.28. The number of anilines is 2. The summed E-state index contributed by atoms with van der Waals surface area (Å²) in [6.45, 7) is 6.47. The van der Waals surface area contributed by atoms with Crippen molar-refractivity contribution in [1.29, 1.82) is 5.26 Å². The number of nitrogens with one attached hydrogen (secondary N) is 1. The Kier molecular flexibility index (Phi) is 9.65. The number of rotatable bonds is 13. The molecule has 1 saturated heterocycles. The Hall–Kier alpha value is -3.83. The molecule has 0 aromatic heterocycles. The zero-order valence-electron chi connectivity index (χ0n) is 22.7. The molecule has 1 unspecified atom stereocenters. The van der Waals surface area contributed by atoms with Crippen LogP contribution in [-0.2, 0) is 24.8 Å². The third-order valence-corrected chi connectivity index (χ3v) is 9.09. The summed E-state index contributed by atoms with van der Waals surface area (Å²) >= 11 is 0. The molecule has 216 valence electrons. The van der Waals surface area contributed by atoms with Crippen molar-refractivity contribution in [1.82, 2.24) is 4.31 Å².